The molecule has 0 amide bonds. The maximum atomic E-state index is 12.1. The van der Waals surface area contributed by atoms with Crippen LogP contribution in [-0.4, -0.2) is 21.9 Å². The van der Waals surface area contributed by atoms with Gasteiger partial charge in [-0.1, -0.05) is 20.8 Å². The van der Waals surface area contributed by atoms with Crippen molar-refractivity contribution in [3.63, 3.8) is 0 Å². The molecular formula is C15H22N2O4. The van der Waals surface area contributed by atoms with Crippen LogP contribution in [0.1, 0.15) is 45.4 Å². The fourth-order valence-corrected chi connectivity index (χ4v) is 2.37. The van der Waals surface area contributed by atoms with Crippen LogP contribution in [-0.2, 0) is 9.53 Å². The first-order valence-electron chi connectivity index (χ1n) is 7.15. The van der Waals surface area contributed by atoms with E-state index < -0.39 is 11.9 Å². The Hall–Kier alpha value is -1.69. The SMILES string of the molecule is Cc1cn([C@H]2C[C@H](CC(=O)C(C)(C)C)CO2)c(=O)[nH]c1=O. The molecule has 0 unspecified atom stereocenters. The Bertz CT molecular complexity index is 651. The standard InChI is InChI=1S/C15H22N2O4/c1-9-7-17(14(20)16-13(9)19)12-6-10(8-21-12)5-11(18)15(2,3)4/h7,10,12H,5-6,8H2,1-4H3,(H,16,19,20)/t10-,12+/m0/s1. The lowest BCUT2D eigenvalue weighted by molar-refractivity contribution is -0.127. The molecule has 6 nitrogen and oxygen atoms in total. The maximum Gasteiger partial charge on any atom is 0.330 e. The van der Waals surface area contributed by atoms with Gasteiger partial charge in [0.05, 0.1) is 6.61 Å². The number of aromatic amines is 1. The third-order valence-electron chi connectivity index (χ3n) is 3.83. The maximum absolute atomic E-state index is 12.1. The third-order valence-corrected chi connectivity index (χ3v) is 3.83. The number of nitrogens with one attached hydrogen (secondary N) is 1. The first kappa shape index (κ1) is 15.7. The highest BCUT2D eigenvalue weighted by Crippen LogP contribution is 2.31. The lowest BCUT2D eigenvalue weighted by Crippen LogP contribution is -2.33. The topological polar surface area (TPSA) is 81.2 Å². The van der Waals surface area contributed by atoms with E-state index in [0.29, 0.717) is 25.0 Å². The Kier molecular flexibility index (Phi) is 4.18. The number of ether oxygens (including phenoxy) is 1. The number of rotatable bonds is 3. The zero-order valence-electron chi connectivity index (χ0n) is 12.9. The van der Waals surface area contributed by atoms with Crippen LogP contribution in [0.3, 0.4) is 0 Å². The number of H-pyrrole nitrogens is 1. The number of carbonyl (C=O) groups excluding carboxylic acids is 1. The molecule has 0 aliphatic carbocycles. The number of carbonyl (C=O) groups is 1. The zero-order valence-corrected chi connectivity index (χ0v) is 12.9. The smallest absolute Gasteiger partial charge is 0.330 e. The minimum absolute atomic E-state index is 0.112. The van der Waals surface area contributed by atoms with Crippen molar-refractivity contribution in [2.75, 3.05) is 6.61 Å². The monoisotopic (exact) mass is 294 g/mol. The van der Waals surface area contributed by atoms with Gasteiger partial charge in [-0.05, 0) is 19.3 Å². The molecule has 0 radical (unpaired) electrons. The largest absolute Gasteiger partial charge is 0.358 e. The van der Waals surface area contributed by atoms with Gasteiger partial charge in [0, 0.05) is 23.6 Å². The van der Waals surface area contributed by atoms with Gasteiger partial charge in [0.1, 0.15) is 12.0 Å². The average molecular weight is 294 g/mol. The van der Waals surface area contributed by atoms with E-state index in [1.165, 1.54) is 10.8 Å². The van der Waals surface area contributed by atoms with Crippen molar-refractivity contribution in [3.05, 3.63) is 32.6 Å². The van der Waals surface area contributed by atoms with E-state index in [9.17, 15) is 14.4 Å². The van der Waals surface area contributed by atoms with Gasteiger partial charge in [0.25, 0.3) is 5.56 Å². The molecule has 0 spiro atoms. The molecule has 1 N–H and O–H groups in total. The fraction of sp³-hybridized carbons (Fsp3) is 0.667. The molecule has 0 saturated carbocycles. The predicted molar refractivity (Wildman–Crippen MR) is 78.2 cm³/mol. The second kappa shape index (κ2) is 5.60. The molecule has 6 heteroatoms. The van der Waals surface area contributed by atoms with Crippen LogP contribution < -0.4 is 11.2 Å². The fourth-order valence-electron chi connectivity index (χ4n) is 2.37. The van der Waals surface area contributed by atoms with Crippen LogP contribution in [0.4, 0.5) is 0 Å². The van der Waals surface area contributed by atoms with Gasteiger partial charge in [-0.25, -0.2) is 4.79 Å². The summed E-state index contributed by atoms with van der Waals surface area (Å²) in [5.74, 6) is 0.308. The first-order valence-corrected chi connectivity index (χ1v) is 7.15. The van der Waals surface area contributed by atoms with E-state index >= 15 is 0 Å². The predicted octanol–water partition coefficient (Wildman–Crippen LogP) is 1.39. The van der Waals surface area contributed by atoms with E-state index in [4.69, 9.17) is 4.74 Å². The number of hydrogen-bond donors (Lipinski definition) is 1. The van der Waals surface area contributed by atoms with Crippen molar-refractivity contribution in [3.8, 4) is 0 Å². The average Bonchev–Trinajstić information content (AvgIpc) is 2.81. The van der Waals surface area contributed by atoms with Crippen molar-refractivity contribution >= 4 is 5.78 Å². The summed E-state index contributed by atoms with van der Waals surface area (Å²) in [4.78, 5) is 37.5. The van der Waals surface area contributed by atoms with Gasteiger partial charge < -0.3 is 4.74 Å². The number of aryl methyl sites for hydroxylation is 1. The molecule has 21 heavy (non-hydrogen) atoms. The van der Waals surface area contributed by atoms with Crippen molar-refractivity contribution < 1.29 is 9.53 Å². The Labute approximate surface area is 123 Å². The summed E-state index contributed by atoms with van der Waals surface area (Å²) < 4.78 is 7.03. The van der Waals surface area contributed by atoms with Gasteiger partial charge in [-0.2, -0.15) is 0 Å². The van der Waals surface area contributed by atoms with Crippen molar-refractivity contribution in [2.24, 2.45) is 11.3 Å². The summed E-state index contributed by atoms with van der Waals surface area (Å²) in [5, 5.41) is 0. The number of aromatic nitrogens is 2. The molecule has 2 heterocycles. The van der Waals surface area contributed by atoms with Gasteiger partial charge in [-0.3, -0.25) is 19.1 Å². The Morgan fingerprint density at radius 2 is 2.10 bits per heavy atom. The quantitative estimate of drug-likeness (QED) is 0.913. The number of nitrogens with zero attached hydrogens (tertiary/aromatic N) is 1. The second-order valence-electron chi connectivity index (χ2n) is 6.75. The Morgan fingerprint density at radius 1 is 1.43 bits per heavy atom. The van der Waals surface area contributed by atoms with E-state index in [2.05, 4.69) is 4.98 Å². The van der Waals surface area contributed by atoms with Crippen LogP contribution in [0.15, 0.2) is 15.8 Å². The molecule has 116 valence electrons. The van der Waals surface area contributed by atoms with Crippen molar-refractivity contribution in [1.82, 2.24) is 9.55 Å². The van der Waals surface area contributed by atoms with E-state index in [-0.39, 0.29) is 22.7 Å². The summed E-state index contributed by atoms with van der Waals surface area (Å²) in [6.45, 7) is 7.80. The highest BCUT2D eigenvalue weighted by molar-refractivity contribution is 5.83. The number of ketones is 1. The summed E-state index contributed by atoms with van der Waals surface area (Å²) in [6, 6.07) is 0. The lowest BCUT2D eigenvalue weighted by atomic mass is 9.85. The van der Waals surface area contributed by atoms with Crippen LogP contribution in [0.2, 0.25) is 0 Å². The molecule has 1 aliphatic rings. The van der Waals surface area contributed by atoms with Gasteiger partial charge in [0.15, 0.2) is 0 Å². The van der Waals surface area contributed by atoms with Crippen molar-refractivity contribution in [1.29, 1.82) is 0 Å². The third kappa shape index (κ3) is 3.50. The highest BCUT2D eigenvalue weighted by Gasteiger charge is 2.32. The molecule has 1 aliphatic heterocycles. The van der Waals surface area contributed by atoms with Crippen LogP contribution in [0.25, 0.3) is 0 Å². The molecule has 1 saturated heterocycles. The number of hydrogen-bond acceptors (Lipinski definition) is 4. The molecule has 0 bridgehead atoms. The Balaban J connectivity index is 2.10. The lowest BCUT2D eigenvalue weighted by Gasteiger charge is -2.18. The minimum Gasteiger partial charge on any atom is -0.358 e. The molecule has 1 fully saturated rings. The molecule has 1 aromatic heterocycles. The van der Waals surface area contributed by atoms with E-state index in [1.54, 1.807) is 6.92 Å². The molecule has 2 atom stereocenters. The van der Waals surface area contributed by atoms with Gasteiger partial charge in [0.2, 0.25) is 0 Å². The van der Waals surface area contributed by atoms with E-state index in [1.807, 2.05) is 20.8 Å². The minimum atomic E-state index is -0.474. The molecule has 1 aromatic rings. The first-order chi connectivity index (χ1) is 9.68. The zero-order chi connectivity index (χ0) is 15.8. The molecule has 0 aromatic carbocycles. The summed E-state index contributed by atoms with van der Waals surface area (Å²) in [6.07, 6.45) is 2.16. The molecule has 2 rings (SSSR count). The Morgan fingerprint density at radius 3 is 2.71 bits per heavy atom. The highest BCUT2D eigenvalue weighted by atomic mass is 16.5. The summed E-state index contributed by atoms with van der Waals surface area (Å²) in [7, 11) is 0. The van der Waals surface area contributed by atoms with Gasteiger partial charge >= 0.3 is 5.69 Å². The van der Waals surface area contributed by atoms with Crippen LogP contribution in [0, 0.1) is 18.3 Å². The van der Waals surface area contributed by atoms with E-state index in [0.717, 1.165) is 0 Å². The molecular weight excluding hydrogens is 272 g/mol. The number of Topliss-reactive ketones (excluding diaryl/α,β-unsaturated/α-hetero) is 1. The summed E-state index contributed by atoms with van der Waals surface area (Å²) in [5.41, 5.74) is -0.747. The van der Waals surface area contributed by atoms with Crippen molar-refractivity contribution in [2.45, 2.75) is 46.8 Å². The van der Waals surface area contributed by atoms with Crippen LogP contribution in [0.5, 0.6) is 0 Å². The normalized spacial score (nSPS) is 22.5. The second-order valence-corrected chi connectivity index (χ2v) is 6.75. The summed E-state index contributed by atoms with van der Waals surface area (Å²) >= 11 is 0. The van der Waals surface area contributed by atoms with Crippen LogP contribution >= 0.6 is 0 Å². The van der Waals surface area contributed by atoms with Gasteiger partial charge in [-0.15, -0.1) is 0 Å².